The standard InChI is InChI=1S/C20H32N2O3/c1-15(21-19(24)22-11-5-6-16(12-22)13-23)14-25-18-9-7-17(8-10-18)20(2,3)4/h7-10,15-16,23H,5-6,11-14H2,1-4H3,(H,21,24). The van der Waals surface area contributed by atoms with Crippen LogP contribution in [0.25, 0.3) is 0 Å². The first-order chi connectivity index (χ1) is 11.8. The number of nitrogens with one attached hydrogen (secondary N) is 1. The van der Waals surface area contributed by atoms with Crippen LogP contribution in [0.4, 0.5) is 4.79 Å². The number of aliphatic hydroxyl groups is 1. The van der Waals surface area contributed by atoms with Crippen LogP contribution in [0.2, 0.25) is 0 Å². The minimum atomic E-state index is -0.0794. The minimum absolute atomic E-state index is 0.0719. The number of aliphatic hydroxyl groups excluding tert-OH is 1. The molecule has 2 atom stereocenters. The van der Waals surface area contributed by atoms with Gasteiger partial charge in [0.2, 0.25) is 0 Å². The molecule has 0 aromatic heterocycles. The van der Waals surface area contributed by atoms with Gasteiger partial charge in [0.05, 0.1) is 6.04 Å². The van der Waals surface area contributed by atoms with Crippen molar-refractivity contribution in [2.75, 3.05) is 26.3 Å². The molecule has 5 nitrogen and oxygen atoms in total. The second-order valence-electron chi connectivity index (χ2n) is 8.07. The molecular weight excluding hydrogens is 316 g/mol. The van der Waals surface area contributed by atoms with Crippen molar-refractivity contribution >= 4 is 6.03 Å². The van der Waals surface area contributed by atoms with Gasteiger partial charge in [-0.15, -0.1) is 0 Å². The highest BCUT2D eigenvalue weighted by molar-refractivity contribution is 5.74. The van der Waals surface area contributed by atoms with E-state index in [0.717, 1.165) is 25.1 Å². The second-order valence-corrected chi connectivity index (χ2v) is 8.07. The highest BCUT2D eigenvalue weighted by Crippen LogP contribution is 2.24. The van der Waals surface area contributed by atoms with Gasteiger partial charge < -0.3 is 20.1 Å². The van der Waals surface area contributed by atoms with Crippen LogP contribution in [-0.2, 0) is 5.41 Å². The number of rotatable bonds is 5. The fourth-order valence-electron chi connectivity index (χ4n) is 3.01. The number of hydrogen-bond donors (Lipinski definition) is 2. The quantitative estimate of drug-likeness (QED) is 0.859. The van der Waals surface area contributed by atoms with E-state index < -0.39 is 0 Å². The van der Waals surface area contributed by atoms with Crippen LogP contribution >= 0.6 is 0 Å². The summed E-state index contributed by atoms with van der Waals surface area (Å²) in [5, 5.41) is 12.3. The van der Waals surface area contributed by atoms with Crippen LogP contribution in [0.15, 0.2) is 24.3 Å². The molecule has 2 amide bonds. The number of nitrogens with zero attached hydrogens (tertiary/aromatic N) is 1. The topological polar surface area (TPSA) is 61.8 Å². The van der Waals surface area contributed by atoms with E-state index in [1.807, 2.05) is 19.1 Å². The number of ether oxygens (including phenoxy) is 1. The van der Waals surface area contributed by atoms with Crippen LogP contribution in [0, 0.1) is 5.92 Å². The zero-order chi connectivity index (χ0) is 18.4. The summed E-state index contributed by atoms with van der Waals surface area (Å²) in [4.78, 5) is 14.1. The Kier molecular flexibility index (Phi) is 6.71. The molecule has 1 saturated heterocycles. The molecule has 1 aliphatic heterocycles. The average molecular weight is 348 g/mol. The Morgan fingerprint density at radius 1 is 1.36 bits per heavy atom. The molecular formula is C20H32N2O3. The first-order valence-electron chi connectivity index (χ1n) is 9.19. The number of urea groups is 1. The lowest BCUT2D eigenvalue weighted by Crippen LogP contribution is -2.49. The number of likely N-dealkylation sites (tertiary alicyclic amines) is 1. The predicted octanol–water partition coefficient (Wildman–Crippen LogP) is 3.17. The van der Waals surface area contributed by atoms with Crippen LogP contribution in [0.1, 0.15) is 46.1 Å². The molecule has 5 heteroatoms. The highest BCUT2D eigenvalue weighted by atomic mass is 16.5. The molecule has 0 radical (unpaired) electrons. The molecule has 2 unspecified atom stereocenters. The van der Waals surface area contributed by atoms with Crippen molar-refractivity contribution in [1.29, 1.82) is 0 Å². The van der Waals surface area contributed by atoms with Gasteiger partial charge in [-0.1, -0.05) is 32.9 Å². The number of carbonyl (C=O) groups is 1. The van der Waals surface area contributed by atoms with Crippen LogP contribution in [0.3, 0.4) is 0 Å². The largest absolute Gasteiger partial charge is 0.491 e. The van der Waals surface area contributed by atoms with E-state index in [9.17, 15) is 9.90 Å². The van der Waals surface area contributed by atoms with Gasteiger partial charge in [0.25, 0.3) is 0 Å². The number of piperidine rings is 1. The third kappa shape index (κ3) is 5.92. The number of carbonyl (C=O) groups excluding carboxylic acids is 1. The Bertz CT molecular complexity index is 551. The molecule has 140 valence electrons. The summed E-state index contributed by atoms with van der Waals surface area (Å²) >= 11 is 0. The Morgan fingerprint density at radius 3 is 2.64 bits per heavy atom. The zero-order valence-electron chi connectivity index (χ0n) is 15.9. The Balaban J connectivity index is 1.78. The zero-order valence-corrected chi connectivity index (χ0v) is 15.9. The molecule has 2 N–H and O–H groups in total. The summed E-state index contributed by atoms with van der Waals surface area (Å²) in [6.45, 7) is 10.4. The smallest absolute Gasteiger partial charge is 0.317 e. The number of amides is 2. The third-order valence-electron chi connectivity index (χ3n) is 4.65. The van der Waals surface area contributed by atoms with Crippen LogP contribution in [-0.4, -0.2) is 48.4 Å². The highest BCUT2D eigenvalue weighted by Gasteiger charge is 2.24. The van der Waals surface area contributed by atoms with Gasteiger partial charge in [0.15, 0.2) is 0 Å². The average Bonchev–Trinajstić information content (AvgIpc) is 2.59. The molecule has 1 aromatic rings. The molecule has 25 heavy (non-hydrogen) atoms. The monoisotopic (exact) mass is 348 g/mol. The van der Waals surface area contributed by atoms with Gasteiger partial charge in [-0.2, -0.15) is 0 Å². The van der Waals surface area contributed by atoms with Crippen molar-refractivity contribution < 1.29 is 14.6 Å². The second kappa shape index (κ2) is 8.56. The lowest BCUT2D eigenvalue weighted by Gasteiger charge is -2.32. The van der Waals surface area contributed by atoms with Crippen molar-refractivity contribution in [2.24, 2.45) is 5.92 Å². The van der Waals surface area contributed by atoms with E-state index >= 15 is 0 Å². The van der Waals surface area contributed by atoms with Crippen molar-refractivity contribution in [3.63, 3.8) is 0 Å². The summed E-state index contributed by atoms with van der Waals surface area (Å²) < 4.78 is 5.79. The normalized spacial score (nSPS) is 19.4. The summed E-state index contributed by atoms with van der Waals surface area (Å²) in [6, 6.07) is 7.97. The van der Waals surface area contributed by atoms with Crippen molar-refractivity contribution in [1.82, 2.24) is 10.2 Å². The van der Waals surface area contributed by atoms with Crippen molar-refractivity contribution in [3.05, 3.63) is 29.8 Å². The minimum Gasteiger partial charge on any atom is -0.491 e. The predicted molar refractivity (Wildman–Crippen MR) is 100 cm³/mol. The molecule has 2 rings (SSSR count). The molecule has 1 aromatic carbocycles. The van der Waals surface area contributed by atoms with Crippen LogP contribution < -0.4 is 10.1 Å². The molecule has 1 heterocycles. The van der Waals surface area contributed by atoms with Gasteiger partial charge in [0, 0.05) is 19.7 Å². The lowest BCUT2D eigenvalue weighted by atomic mass is 9.87. The summed E-state index contributed by atoms with van der Waals surface area (Å²) in [7, 11) is 0. The number of benzene rings is 1. The number of hydrogen-bond acceptors (Lipinski definition) is 3. The fraction of sp³-hybridized carbons (Fsp3) is 0.650. The molecule has 1 fully saturated rings. The SMILES string of the molecule is CC(COc1ccc(C(C)(C)C)cc1)NC(=O)N1CCCC(CO)C1. The van der Waals surface area contributed by atoms with E-state index in [1.54, 1.807) is 4.90 Å². The van der Waals surface area contributed by atoms with Gasteiger partial charge in [-0.25, -0.2) is 4.79 Å². The molecule has 0 spiro atoms. The van der Waals surface area contributed by atoms with Gasteiger partial charge in [-0.05, 0) is 48.8 Å². The van der Waals surface area contributed by atoms with Crippen molar-refractivity contribution in [2.45, 2.75) is 52.0 Å². The van der Waals surface area contributed by atoms with Gasteiger partial charge >= 0.3 is 6.03 Å². The molecule has 0 saturated carbocycles. The third-order valence-corrected chi connectivity index (χ3v) is 4.65. The Morgan fingerprint density at radius 2 is 2.04 bits per heavy atom. The maximum Gasteiger partial charge on any atom is 0.317 e. The first-order valence-corrected chi connectivity index (χ1v) is 9.19. The van der Waals surface area contributed by atoms with E-state index in [1.165, 1.54) is 5.56 Å². The van der Waals surface area contributed by atoms with Crippen LogP contribution in [0.5, 0.6) is 5.75 Å². The molecule has 1 aliphatic rings. The van der Waals surface area contributed by atoms with Gasteiger partial charge in [-0.3, -0.25) is 0 Å². The van der Waals surface area contributed by atoms with E-state index in [-0.39, 0.29) is 30.0 Å². The fourth-order valence-corrected chi connectivity index (χ4v) is 3.01. The first kappa shape index (κ1) is 19.6. The maximum atomic E-state index is 12.3. The summed E-state index contributed by atoms with van der Waals surface area (Å²) in [5.74, 6) is 1.01. The van der Waals surface area contributed by atoms with E-state index in [2.05, 4.69) is 38.2 Å². The summed E-state index contributed by atoms with van der Waals surface area (Å²) in [6.07, 6.45) is 1.94. The lowest BCUT2D eigenvalue weighted by molar-refractivity contribution is 0.126. The van der Waals surface area contributed by atoms with E-state index in [4.69, 9.17) is 4.74 Å². The maximum absolute atomic E-state index is 12.3. The molecule has 0 aliphatic carbocycles. The Labute approximate surface area is 151 Å². The summed E-state index contributed by atoms with van der Waals surface area (Å²) in [5.41, 5.74) is 1.39. The Hall–Kier alpha value is -1.75. The van der Waals surface area contributed by atoms with Crippen molar-refractivity contribution in [3.8, 4) is 5.75 Å². The van der Waals surface area contributed by atoms with E-state index in [0.29, 0.717) is 13.2 Å². The van der Waals surface area contributed by atoms with Gasteiger partial charge in [0.1, 0.15) is 12.4 Å². The molecule has 0 bridgehead atoms.